The maximum absolute atomic E-state index is 11.6. The molecule has 3 rings (SSSR count). The van der Waals surface area contributed by atoms with Crippen LogP contribution in [0, 0.1) is 0 Å². The number of carbonyl (C=O) groups is 1. The molecule has 0 fully saturated rings. The Balaban J connectivity index is 1.92. The average Bonchev–Trinajstić information content (AvgIpc) is 2.55. The van der Waals surface area contributed by atoms with Crippen LogP contribution in [0.5, 0.6) is 0 Å². The Hall–Kier alpha value is -1.91. The highest BCUT2D eigenvalue weighted by molar-refractivity contribution is 6.31. The van der Waals surface area contributed by atoms with Gasteiger partial charge in [-0.1, -0.05) is 35.3 Å². The monoisotopic (exact) mass is 365 g/mol. The van der Waals surface area contributed by atoms with Gasteiger partial charge in [0, 0.05) is 28.1 Å². The van der Waals surface area contributed by atoms with Crippen LogP contribution in [0.15, 0.2) is 42.5 Å². The molecule has 0 amide bonds. The minimum Gasteiger partial charge on any atom is -0.435 e. The lowest BCUT2D eigenvalue weighted by Crippen LogP contribution is -2.33. The van der Waals surface area contributed by atoms with Crippen molar-refractivity contribution in [3.63, 3.8) is 0 Å². The summed E-state index contributed by atoms with van der Waals surface area (Å²) in [5, 5.41) is 4.56. The van der Waals surface area contributed by atoms with E-state index in [4.69, 9.17) is 32.7 Å². The Kier molecular flexibility index (Phi) is 5.17. The van der Waals surface area contributed by atoms with Crippen LogP contribution in [0.4, 0.5) is 10.5 Å². The van der Waals surface area contributed by atoms with Crippen molar-refractivity contribution in [2.45, 2.75) is 25.5 Å². The van der Waals surface area contributed by atoms with E-state index >= 15 is 0 Å². The molecule has 24 heavy (non-hydrogen) atoms. The second-order valence-corrected chi connectivity index (χ2v) is 6.38. The van der Waals surface area contributed by atoms with Gasteiger partial charge >= 0.3 is 6.16 Å². The van der Waals surface area contributed by atoms with E-state index in [9.17, 15) is 4.79 Å². The van der Waals surface area contributed by atoms with E-state index in [1.54, 1.807) is 13.0 Å². The lowest BCUT2D eigenvalue weighted by atomic mass is 9.84. The van der Waals surface area contributed by atoms with Gasteiger partial charge in [-0.15, -0.1) is 0 Å². The quantitative estimate of drug-likeness (QED) is 0.735. The van der Waals surface area contributed by atoms with Gasteiger partial charge in [0.25, 0.3) is 0 Å². The van der Waals surface area contributed by atoms with E-state index in [1.165, 1.54) is 0 Å². The van der Waals surface area contributed by atoms with Crippen molar-refractivity contribution >= 4 is 35.0 Å². The molecule has 0 radical (unpaired) electrons. The number of benzene rings is 2. The van der Waals surface area contributed by atoms with Crippen LogP contribution < -0.4 is 5.32 Å². The van der Waals surface area contributed by atoms with Crippen molar-refractivity contribution in [3.05, 3.63) is 63.6 Å². The Labute approximate surface area is 150 Å². The predicted molar refractivity (Wildman–Crippen MR) is 94.9 cm³/mol. The predicted octanol–water partition coefficient (Wildman–Crippen LogP) is 5.44. The van der Waals surface area contributed by atoms with Crippen molar-refractivity contribution in [1.29, 1.82) is 0 Å². The van der Waals surface area contributed by atoms with Crippen molar-refractivity contribution in [3.8, 4) is 0 Å². The van der Waals surface area contributed by atoms with Gasteiger partial charge in [0.15, 0.2) is 6.23 Å². The van der Waals surface area contributed by atoms with Crippen LogP contribution in [0.3, 0.4) is 0 Å². The molecule has 126 valence electrons. The number of halogens is 2. The summed E-state index contributed by atoms with van der Waals surface area (Å²) >= 11 is 12.2. The molecule has 4 nitrogen and oxygen atoms in total. The molecule has 0 aromatic heterocycles. The average molecular weight is 366 g/mol. The number of anilines is 1. The van der Waals surface area contributed by atoms with Gasteiger partial charge in [0.1, 0.15) is 0 Å². The zero-order valence-corrected chi connectivity index (χ0v) is 14.6. The first kappa shape index (κ1) is 16.9. The molecular weight excluding hydrogens is 349 g/mol. The van der Waals surface area contributed by atoms with Crippen molar-refractivity contribution in [1.82, 2.24) is 0 Å². The van der Waals surface area contributed by atoms with Gasteiger partial charge in [-0.25, -0.2) is 4.79 Å². The summed E-state index contributed by atoms with van der Waals surface area (Å²) in [4.78, 5) is 11.6. The minimum atomic E-state index is -0.678. The lowest BCUT2D eigenvalue weighted by Gasteiger charge is -2.33. The first-order valence-corrected chi connectivity index (χ1v) is 8.47. The molecule has 1 aliphatic rings. The number of carbonyl (C=O) groups excluding carboxylic acids is 1. The minimum absolute atomic E-state index is 0.0386. The van der Waals surface area contributed by atoms with E-state index in [2.05, 4.69) is 5.32 Å². The summed E-state index contributed by atoms with van der Waals surface area (Å²) in [6, 6.07) is 13.3. The van der Waals surface area contributed by atoms with Crippen LogP contribution in [0.1, 0.15) is 30.4 Å². The number of ether oxygens (including phenoxy) is 2. The second kappa shape index (κ2) is 7.32. The molecule has 0 spiro atoms. The van der Waals surface area contributed by atoms with E-state index in [0.717, 1.165) is 16.8 Å². The Bertz CT molecular complexity index is 734. The van der Waals surface area contributed by atoms with E-state index in [-0.39, 0.29) is 12.5 Å². The Morgan fingerprint density at radius 1 is 1.17 bits per heavy atom. The summed E-state index contributed by atoms with van der Waals surface area (Å²) in [7, 11) is 0. The van der Waals surface area contributed by atoms with Crippen molar-refractivity contribution < 1.29 is 14.3 Å². The van der Waals surface area contributed by atoms with Crippen LogP contribution in [-0.4, -0.2) is 19.0 Å². The van der Waals surface area contributed by atoms with Gasteiger partial charge in [0.2, 0.25) is 0 Å². The normalized spacial score (nSPS) is 19.1. The van der Waals surface area contributed by atoms with Gasteiger partial charge in [-0.3, -0.25) is 0 Å². The molecular formula is C18H17Cl2NO3. The Morgan fingerprint density at radius 2 is 1.88 bits per heavy atom. The molecule has 2 aromatic carbocycles. The largest absolute Gasteiger partial charge is 0.510 e. The molecule has 0 aliphatic carbocycles. The third kappa shape index (κ3) is 3.77. The van der Waals surface area contributed by atoms with Gasteiger partial charge < -0.3 is 14.8 Å². The molecule has 2 aromatic rings. The van der Waals surface area contributed by atoms with E-state index in [1.807, 2.05) is 36.4 Å². The summed E-state index contributed by atoms with van der Waals surface area (Å²) in [6.07, 6.45) is -0.575. The van der Waals surface area contributed by atoms with Crippen LogP contribution >= 0.6 is 23.2 Å². The summed E-state index contributed by atoms with van der Waals surface area (Å²) in [6.45, 7) is 2.02. The van der Waals surface area contributed by atoms with Crippen LogP contribution in [0.25, 0.3) is 0 Å². The summed E-state index contributed by atoms with van der Waals surface area (Å²) in [5.41, 5.74) is 3.04. The summed E-state index contributed by atoms with van der Waals surface area (Å²) < 4.78 is 10.2. The number of hydrogen-bond acceptors (Lipinski definition) is 4. The molecule has 2 unspecified atom stereocenters. The second-order valence-electron chi connectivity index (χ2n) is 5.51. The van der Waals surface area contributed by atoms with Gasteiger partial charge in [0.05, 0.1) is 6.61 Å². The van der Waals surface area contributed by atoms with Crippen LogP contribution in [-0.2, 0) is 9.47 Å². The molecule has 0 bridgehead atoms. The maximum atomic E-state index is 11.6. The number of fused-ring (bicyclic) bond motifs is 1. The third-order valence-electron chi connectivity index (χ3n) is 3.93. The highest BCUT2D eigenvalue weighted by Crippen LogP contribution is 2.40. The van der Waals surface area contributed by atoms with E-state index < -0.39 is 12.4 Å². The molecule has 2 atom stereocenters. The fourth-order valence-corrected chi connectivity index (χ4v) is 3.19. The Morgan fingerprint density at radius 3 is 2.58 bits per heavy atom. The fourth-order valence-electron chi connectivity index (χ4n) is 2.88. The molecule has 1 aliphatic heterocycles. The highest BCUT2D eigenvalue weighted by Gasteiger charge is 2.30. The smallest absolute Gasteiger partial charge is 0.435 e. The standard InChI is InChI=1S/C18H17Cl2NO3/c1-2-23-18(22)24-17-10-14(11-3-5-12(19)6-4-11)15-9-13(20)7-8-16(15)21-17/h3-9,14,17,21H,2,10H2,1H3. The van der Waals surface area contributed by atoms with Gasteiger partial charge in [-0.2, -0.15) is 0 Å². The molecule has 1 heterocycles. The SMILES string of the molecule is CCOC(=O)OC1CC(c2ccc(Cl)cc2)c2cc(Cl)ccc2N1. The molecule has 0 saturated heterocycles. The van der Waals surface area contributed by atoms with Crippen LogP contribution in [0.2, 0.25) is 10.0 Å². The lowest BCUT2D eigenvalue weighted by molar-refractivity contribution is 0.0301. The summed E-state index contributed by atoms with van der Waals surface area (Å²) in [5.74, 6) is 0.0386. The highest BCUT2D eigenvalue weighted by atomic mass is 35.5. The zero-order chi connectivity index (χ0) is 17.1. The van der Waals surface area contributed by atoms with Gasteiger partial charge in [-0.05, 0) is 48.4 Å². The number of nitrogens with one attached hydrogen (secondary N) is 1. The maximum Gasteiger partial charge on any atom is 0.510 e. The van der Waals surface area contributed by atoms with Crippen molar-refractivity contribution in [2.75, 3.05) is 11.9 Å². The first-order chi connectivity index (χ1) is 11.6. The third-order valence-corrected chi connectivity index (χ3v) is 4.42. The first-order valence-electron chi connectivity index (χ1n) is 7.71. The molecule has 1 N–H and O–H groups in total. The fraction of sp³-hybridized carbons (Fsp3) is 0.278. The topological polar surface area (TPSA) is 47.6 Å². The number of rotatable bonds is 3. The van der Waals surface area contributed by atoms with Crippen molar-refractivity contribution in [2.24, 2.45) is 0 Å². The zero-order valence-electron chi connectivity index (χ0n) is 13.1. The van der Waals surface area contributed by atoms with E-state index in [0.29, 0.717) is 16.5 Å². The molecule has 0 saturated carbocycles. The number of hydrogen-bond donors (Lipinski definition) is 1. The molecule has 6 heteroatoms.